The van der Waals surface area contributed by atoms with E-state index in [-0.39, 0.29) is 9.32 Å². The molecule has 2 heterocycles. The van der Waals surface area contributed by atoms with Crippen LogP contribution in [-0.2, 0) is 23.4 Å². The van der Waals surface area contributed by atoms with E-state index in [1.54, 1.807) is 60.7 Å². The van der Waals surface area contributed by atoms with Gasteiger partial charge in [-0.05, 0) is 61.7 Å². The molecule has 222 valence electrons. The van der Waals surface area contributed by atoms with Gasteiger partial charge in [0, 0.05) is 11.6 Å². The van der Waals surface area contributed by atoms with Gasteiger partial charge in [-0.2, -0.15) is 5.09 Å². The summed E-state index contributed by atoms with van der Waals surface area (Å²) in [6.07, 6.45) is -2.94. The quantitative estimate of drug-likeness (QED) is 0.122. The number of nitrogens with one attached hydrogen (secondary N) is 2. The number of nitrogens with zero attached hydrogens (tertiary/aromatic N) is 1. The SMILES string of the molecule is CC(C)OC(=O)[C@@H](C)NP(=O)(OC[C@H]1O[C@@H](n2cc(I)c(=O)[nH]c2=O)[C@](C)(Cl)[C@@H]1O)Oc1cccc2ccccc12. The number of H-pyrrole nitrogens is 1. The molecule has 3 aromatic rings. The summed E-state index contributed by atoms with van der Waals surface area (Å²) in [7, 11) is -4.34. The highest BCUT2D eigenvalue weighted by Crippen LogP contribution is 2.49. The van der Waals surface area contributed by atoms with Gasteiger partial charge in [0.15, 0.2) is 6.23 Å². The van der Waals surface area contributed by atoms with Crippen LogP contribution in [-0.4, -0.2) is 56.5 Å². The molecule has 1 aliphatic rings. The first-order chi connectivity index (χ1) is 19.2. The van der Waals surface area contributed by atoms with E-state index in [9.17, 15) is 24.1 Å². The average molecular weight is 722 g/mol. The van der Waals surface area contributed by atoms with E-state index in [1.165, 1.54) is 20.0 Å². The van der Waals surface area contributed by atoms with Gasteiger partial charge in [-0.3, -0.25) is 23.7 Å². The molecule has 41 heavy (non-hydrogen) atoms. The maximum absolute atomic E-state index is 14.1. The second-order valence-corrected chi connectivity index (χ2v) is 13.6. The van der Waals surface area contributed by atoms with Crippen molar-refractivity contribution in [1.29, 1.82) is 0 Å². The Hall–Kier alpha value is -2.26. The van der Waals surface area contributed by atoms with Crippen LogP contribution in [0.2, 0.25) is 0 Å². The average Bonchev–Trinajstić information content (AvgIpc) is 3.13. The normalized spacial score (nSPS) is 24.7. The van der Waals surface area contributed by atoms with Crippen LogP contribution in [0, 0.1) is 3.57 Å². The fourth-order valence-electron chi connectivity index (χ4n) is 4.28. The second kappa shape index (κ2) is 12.5. The zero-order chi connectivity index (χ0) is 30.1. The molecule has 1 unspecified atom stereocenters. The van der Waals surface area contributed by atoms with E-state index in [1.807, 2.05) is 18.2 Å². The van der Waals surface area contributed by atoms with Gasteiger partial charge in [-0.15, -0.1) is 11.6 Å². The summed E-state index contributed by atoms with van der Waals surface area (Å²) >= 11 is 8.39. The largest absolute Gasteiger partial charge is 0.462 e. The zero-order valence-corrected chi connectivity index (χ0v) is 26.4. The van der Waals surface area contributed by atoms with E-state index >= 15 is 0 Å². The third-order valence-corrected chi connectivity index (χ3v) is 9.14. The number of rotatable bonds is 10. The number of carbonyl (C=O) groups is 1. The van der Waals surface area contributed by atoms with Crippen LogP contribution < -0.4 is 20.9 Å². The Morgan fingerprint density at radius 3 is 2.63 bits per heavy atom. The van der Waals surface area contributed by atoms with Gasteiger partial charge in [-0.1, -0.05) is 36.4 Å². The lowest BCUT2D eigenvalue weighted by atomic mass is 10.0. The number of aromatic nitrogens is 2. The van der Waals surface area contributed by atoms with Crippen molar-refractivity contribution in [2.24, 2.45) is 0 Å². The first-order valence-corrected chi connectivity index (χ1v) is 15.7. The van der Waals surface area contributed by atoms with E-state index in [4.69, 9.17) is 30.1 Å². The van der Waals surface area contributed by atoms with Gasteiger partial charge in [0.05, 0.1) is 16.3 Å². The Balaban J connectivity index is 1.61. The summed E-state index contributed by atoms with van der Waals surface area (Å²) in [4.78, 5) is 37.5. The highest BCUT2D eigenvalue weighted by Gasteiger charge is 2.54. The molecule has 2 aromatic carbocycles. The van der Waals surface area contributed by atoms with Gasteiger partial charge in [0.25, 0.3) is 5.56 Å². The minimum atomic E-state index is -4.34. The molecule has 4 rings (SSSR count). The van der Waals surface area contributed by atoms with Gasteiger partial charge in [0.1, 0.15) is 28.9 Å². The molecule has 12 nitrogen and oxygen atoms in total. The van der Waals surface area contributed by atoms with Crippen LogP contribution in [0.3, 0.4) is 0 Å². The second-order valence-electron chi connectivity index (χ2n) is 9.96. The molecule has 3 N–H and O–H groups in total. The highest BCUT2D eigenvalue weighted by molar-refractivity contribution is 14.1. The molecule has 1 aliphatic heterocycles. The first-order valence-electron chi connectivity index (χ1n) is 12.7. The first kappa shape index (κ1) is 31.7. The van der Waals surface area contributed by atoms with Crippen molar-refractivity contribution in [3.8, 4) is 5.75 Å². The van der Waals surface area contributed by atoms with Crippen molar-refractivity contribution in [3.05, 3.63) is 73.1 Å². The molecule has 15 heteroatoms. The summed E-state index contributed by atoms with van der Waals surface area (Å²) in [6.45, 7) is 5.77. The molecule has 0 spiro atoms. The molecule has 1 aromatic heterocycles. The lowest BCUT2D eigenvalue weighted by Gasteiger charge is -2.27. The van der Waals surface area contributed by atoms with Crippen LogP contribution in [0.4, 0.5) is 0 Å². The van der Waals surface area contributed by atoms with Gasteiger partial charge in [-0.25, -0.2) is 9.36 Å². The summed E-state index contributed by atoms with van der Waals surface area (Å²) < 4.78 is 38.1. The Labute approximate surface area is 254 Å². The van der Waals surface area contributed by atoms with Crippen molar-refractivity contribution in [2.75, 3.05) is 6.61 Å². The number of hydrogen-bond acceptors (Lipinski definition) is 9. The molecular weight excluding hydrogens is 692 g/mol. The number of esters is 1. The Morgan fingerprint density at radius 1 is 1.24 bits per heavy atom. The number of alkyl halides is 1. The van der Waals surface area contributed by atoms with Crippen LogP contribution >= 0.6 is 41.9 Å². The topological polar surface area (TPSA) is 158 Å². The molecular formula is C26H30ClIN3O9P. The molecule has 6 atom stereocenters. The van der Waals surface area contributed by atoms with Crippen LogP contribution in [0.5, 0.6) is 5.75 Å². The monoisotopic (exact) mass is 721 g/mol. The van der Waals surface area contributed by atoms with Crippen molar-refractivity contribution in [2.45, 2.75) is 63.2 Å². The number of ether oxygens (including phenoxy) is 2. The van der Waals surface area contributed by atoms with Crippen LogP contribution in [0.25, 0.3) is 10.8 Å². The molecule has 0 saturated carbocycles. The smallest absolute Gasteiger partial charge is 0.459 e. The summed E-state index contributed by atoms with van der Waals surface area (Å²) in [5.41, 5.74) is -1.37. The lowest BCUT2D eigenvalue weighted by Crippen LogP contribution is -2.43. The van der Waals surface area contributed by atoms with Crippen molar-refractivity contribution < 1.29 is 33.0 Å². The fraction of sp³-hybridized carbons (Fsp3) is 0.423. The van der Waals surface area contributed by atoms with Gasteiger partial charge < -0.3 is 19.1 Å². The van der Waals surface area contributed by atoms with E-state index in [2.05, 4.69) is 10.1 Å². The molecule has 0 aliphatic carbocycles. The zero-order valence-electron chi connectivity index (χ0n) is 22.6. The molecule has 1 fully saturated rings. The fourth-order valence-corrected chi connectivity index (χ4v) is 6.53. The van der Waals surface area contributed by atoms with Crippen molar-refractivity contribution in [1.82, 2.24) is 14.6 Å². The number of aliphatic hydroxyl groups excluding tert-OH is 1. The Morgan fingerprint density at radius 2 is 1.93 bits per heavy atom. The lowest BCUT2D eigenvalue weighted by molar-refractivity contribution is -0.149. The van der Waals surface area contributed by atoms with E-state index in [0.717, 1.165) is 9.95 Å². The third-order valence-electron chi connectivity index (χ3n) is 6.33. The third kappa shape index (κ3) is 7.04. The minimum absolute atomic E-state index is 0.201. The molecule has 1 saturated heterocycles. The Kier molecular flexibility index (Phi) is 9.69. The maximum atomic E-state index is 14.1. The summed E-state index contributed by atoms with van der Waals surface area (Å²) in [5, 5.41) is 15.1. The summed E-state index contributed by atoms with van der Waals surface area (Å²) in [5.74, 6) is -0.450. The Bertz CT molecular complexity index is 1590. The van der Waals surface area contributed by atoms with Crippen LogP contribution in [0.1, 0.15) is 33.9 Å². The number of carbonyl (C=O) groups excluding carboxylic acids is 1. The number of hydrogen-bond donors (Lipinski definition) is 3. The number of benzene rings is 2. The van der Waals surface area contributed by atoms with Crippen LogP contribution in [0.15, 0.2) is 58.3 Å². The molecule has 0 bridgehead atoms. The molecule has 0 radical (unpaired) electrons. The highest BCUT2D eigenvalue weighted by atomic mass is 127. The number of aliphatic hydroxyl groups is 1. The standard InChI is InChI=1S/C26H30ClIN3O9P/c1-14(2)38-23(34)15(3)30-41(36,40-19-11-7-9-16-8-5-6-10-17(16)19)37-13-20-21(32)26(4,27)24(39-20)31-12-18(28)22(33)29-25(31)35/h5-12,14-15,20-21,24,32H,13H2,1-4H3,(H,30,36)(H,29,33,35)/t15-,20-,21-,24-,26-,41?/m1/s1. The number of halogens is 2. The predicted molar refractivity (Wildman–Crippen MR) is 160 cm³/mol. The van der Waals surface area contributed by atoms with Crippen molar-refractivity contribution in [3.63, 3.8) is 0 Å². The van der Waals surface area contributed by atoms with Gasteiger partial charge in [0.2, 0.25) is 0 Å². The van der Waals surface area contributed by atoms with E-state index in [0.29, 0.717) is 5.39 Å². The number of aromatic amines is 1. The van der Waals surface area contributed by atoms with E-state index < -0.39 is 67.0 Å². The summed E-state index contributed by atoms with van der Waals surface area (Å²) in [6, 6.07) is 11.4. The number of fused-ring (bicyclic) bond motifs is 1. The predicted octanol–water partition coefficient (Wildman–Crippen LogP) is 3.68. The van der Waals surface area contributed by atoms with Crippen molar-refractivity contribution >= 4 is 58.7 Å². The minimum Gasteiger partial charge on any atom is -0.462 e. The maximum Gasteiger partial charge on any atom is 0.459 e. The van der Waals surface area contributed by atoms with Gasteiger partial charge >= 0.3 is 19.4 Å². The molecule has 0 amide bonds.